The molecule has 2 saturated heterocycles. The third-order valence-electron chi connectivity index (χ3n) is 6.71. The van der Waals surface area contributed by atoms with Gasteiger partial charge < -0.3 is 24.0 Å². The Kier molecular flexibility index (Phi) is 8.22. The normalized spacial score (nSPS) is 22.0. The van der Waals surface area contributed by atoms with Crippen LogP contribution >= 0.6 is 0 Å². The van der Waals surface area contributed by atoms with Crippen molar-refractivity contribution >= 4 is 34.6 Å². The number of hydrogen-bond acceptors (Lipinski definition) is 12. The molecule has 0 radical (unpaired) electrons. The lowest BCUT2D eigenvalue weighted by Gasteiger charge is -2.35. The van der Waals surface area contributed by atoms with E-state index in [-0.39, 0.29) is 24.8 Å². The number of piperidine rings is 1. The van der Waals surface area contributed by atoms with E-state index < -0.39 is 63.4 Å². The van der Waals surface area contributed by atoms with Crippen molar-refractivity contribution in [1.29, 1.82) is 0 Å². The number of urea groups is 1. The maximum absolute atomic E-state index is 13.0. The Morgan fingerprint density at radius 3 is 2.24 bits per heavy atom. The molecule has 1 aromatic rings. The van der Waals surface area contributed by atoms with Crippen molar-refractivity contribution < 1.29 is 50.7 Å². The lowest BCUT2D eigenvalue weighted by Crippen LogP contribution is -2.47. The first kappa shape index (κ1) is 31.5. The number of carbonyl (C=O) groups excluding carboxylic acids is 3. The number of aromatic nitrogens is 1. The minimum Gasteiger partial charge on any atom is -0.444 e. The molecule has 4 N–H and O–H groups in total. The summed E-state index contributed by atoms with van der Waals surface area (Å²) in [6.45, 7) is 9.70. The van der Waals surface area contributed by atoms with Crippen molar-refractivity contribution in [2.24, 2.45) is 10.4 Å². The molecule has 0 aromatic carbocycles. The molecule has 3 fully saturated rings. The second kappa shape index (κ2) is 11.0. The van der Waals surface area contributed by atoms with Crippen LogP contribution in [0, 0.1) is 5.41 Å². The van der Waals surface area contributed by atoms with Gasteiger partial charge in [0.05, 0.1) is 18.6 Å². The van der Waals surface area contributed by atoms with E-state index in [1.165, 1.54) is 11.0 Å². The molecule has 18 heteroatoms. The zero-order chi connectivity index (χ0) is 31.3. The molecule has 4 rings (SSSR count). The third-order valence-corrected chi connectivity index (χ3v) is 7.06. The van der Waals surface area contributed by atoms with Crippen LogP contribution in [0.4, 0.5) is 14.4 Å². The summed E-state index contributed by atoms with van der Waals surface area (Å²) in [6, 6.07) is -0.448. The number of fused-ring (bicyclic) bond motifs is 3. The molecule has 17 nitrogen and oxygen atoms in total. The molecule has 2 aliphatic heterocycles. The van der Waals surface area contributed by atoms with Gasteiger partial charge in [-0.2, -0.15) is 13.5 Å². The molecule has 3 atom stereocenters. The smallest absolute Gasteiger partial charge is 0.418 e. The Morgan fingerprint density at radius 1 is 1.17 bits per heavy atom. The predicted molar refractivity (Wildman–Crippen MR) is 142 cm³/mol. The van der Waals surface area contributed by atoms with Gasteiger partial charge in [-0.25, -0.2) is 19.4 Å². The molecule has 1 aliphatic carbocycles. The Balaban J connectivity index is 1.47. The summed E-state index contributed by atoms with van der Waals surface area (Å²) < 4.78 is 52.1. The zero-order valence-electron chi connectivity index (χ0n) is 24.1. The second-order valence-corrected chi connectivity index (χ2v) is 13.5. The molecular formula is C24H36N6O11S. The van der Waals surface area contributed by atoms with E-state index in [9.17, 15) is 27.9 Å². The maximum Gasteiger partial charge on any atom is 0.418 e. The van der Waals surface area contributed by atoms with Crippen LogP contribution in [0.5, 0.6) is 0 Å². The van der Waals surface area contributed by atoms with E-state index in [4.69, 9.17) is 18.5 Å². The quantitative estimate of drug-likeness (QED) is 0.205. The Bertz CT molecular complexity index is 1330. The van der Waals surface area contributed by atoms with Gasteiger partial charge in [-0.3, -0.25) is 15.2 Å². The molecule has 234 valence electrons. The van der Waals surface area contributed by atoms with Gasteiger partial charge in [0.2, 0.25) is 5.96 Å². The maximum atomic E-state index is 13.0. The number of nitrogens with zero attached hydrogens (tertiary/aromatic N) is 4. The van der Waals surface area contributed by atoms with E-state index in [0.717, 1.165) is 12.8 Å². The minimum absolute atomic E-state index is 0.00713. The number of amides is 4. The van der Waals surface area contributed by atoms with E-state index in [2.05, 4.69) is 25.1 Å². The van der Waals surface area contributed by atoms with Crippen molar-refractivity contribution in [2.45, 2.75) is 90.2 Å². The third kappa shape index (κ3) is 7.67. The van der Waals surface area contributed by atoms with Crippen LogP contribution in [0.15, 0.2) is 15.6 Å². The standard InChI is InChI=1S/C24H36N6O11S/c1-22(2,3)38-19(32)26-18(27-20(33)39-23(4,5)6)25-11-15(31)16-9-13(28-40-16)14-10-24(7-8-24)17-12-29(14)21(34)30(17)41-42(35,36)37/h9,14-15,17,31H,7-8,10-12H2,1-6H3,(H,35,36,37)(H2,25,26,27,32,33)/t14-,15+,17-/m0/s1. The Labute approximate surface area is 242 Å². The fourth-order valence-corrected chi connectivity index (χ4v) is 5.25. The average Bonchev–Trinajstić information content (AvgIpc) is 3.28. The number of aliphatic imine (C=N–C) groups is 1. The first-order chi connectivity index (χ1) is 19.3. The lowest BCUT2D eigenvalue weighted by atomic mass is 9.84. The van der Waals surface area contributed by atoms with Crippen molar-refractivity contribution in [1.82, 2.24) is 25.8 Å². The molecule has 1 saturated carbocycles. The van der Waals surface area contributed by atoms with Crippen LogP contribution in [0.25, 0.3) is 0 Å². The first-order valence-corrected chi connectivity index (χ1v) is 14.6. The number of guanidine groups is 1. The zero-order valence-corrected chi connectivity index (χ0v) is 24.9. The number of hydroxylamine groups is 2. The van der Waals surface area contributed by atoms with Gasteiger partial charge in [0.25, 0.3) is 0 Å². The molecule has 1 aromatic heterocycles. The van der Waals surface area contributed by atoms with E-state index in [0.29, 0.717) is 17.2 Å². The van der Waals surface area contributed by atoms with Crippen LogP contribution in [0.2, 0.25) is 0 Å². The molecule has 1 spiro atoms. The number of rotatable bonds is 6. The van der Waals surface area contributed by atoms with Gasteiger partial charge in [-0.05, 0) is 66.2 Å². The highest BCUT2D eigenvalue weighted by atomic mass is 32.3. The van der Waals surface area contributed by atoms with Crippen molar-refractivity contribution in [2.75, 3.05) is 13.1 Å². The van der Waals surface area contributed by atoms with Crippen LogP contribution in [-0.2, 0) is 24.2 Å². The number of nitrogens with one attached hydrogen (secondary N) is 2. The molecule has 4 amide bonds. The lowest BCUT2D eigenvalue weighted by molar-refractivity contribution is -0.0527. The highest BCUT2D eigenvalue weighted by Crippen LogP contribution is 2.61. The van der Waals surface area contributed by atoms with E-state index in [1.807, 2.05) is 0 Å². The van der Waals surface area contributed by atoms with Gasteiger partial charge in [-0.15, -0.1) is 4.28 Å². The highest BCUT2D eigenvalue weighted by molar-refractivity contribution is 7.80. The largest absolute Gasteiger partial charge is 0.444 e. The fourth-order valence-electron chi connectivity index (χ4n) is 4.88. The molecule has 3 heterocycles. The topological polar surface area (TPSA) is 222 Å². The number of aliphatic hydroxyl groups is 1. The van der Waals surface area contributed by atoms with Crippen molar-refractivity contribution in [3.63, 3.8) is 0 Å². The molecule has 0 unspecified atom stereocenters. The van der Waals surface area contributed by atoms with Crippen molar-refractivity contribution in [3.8, 4) is 0 Å². The Morgan fingerprint density at radius 2 is 1.74 bits per heavy atom. The molecule has 42 heavy (non-hydrogen) atoms. The number of hydrogen-bond donors (Lipinski definition) is 4. The van der Waals surface area contributed by atoms with Gasteiger partial charge >= 0.3 is 28.6 Å². The van der Waals surface area contributed by atoms with Gasteiger partial charge in [0.1, 0.15) is 23.0 Å². The summed E-state index contributed by atoms with van der Waals surface area (Å²) in [5, 5.41) is 20.1. The van der Waals surface area contributed by atoms with Crippen LogP contribution in [-0.4, -0.2) is 87.7 Å². The number of carbonyl (C=O) groups is 3. The van der Waals surface area contributed by atoms with Crippen molar-refractivity contribution in [3.05, 3.63) is 17.5 Å². The summed E-state index contributed by atoms with van der Waals surface area (Å²) >= 11 is 0. The number of ether oxygens (including phenoxy) is 2. The number of alkyl carbamates (subject to hydrolysis) is 2. The van der Waals surface area contributed by atoms with E-state index in [1.54, 1.807) is 41.5 Å². The minimum atomic E-state index is -4.91. The van der Waals surface area contributed by atoms with E-state index >= 15 is 0 Å². The van der Waals surface area contributed by atoms with Gasteiger partial charge in [0, 0.05) is 12.6 Å². The molecule has 2 bridgehead atoms. The monoisotopic (exact) mass is 616 g/mol. The first-order valence-electron chi connectivity index (χ1n) is 13.2. The van der Waals surface area contributed by atoms with Crippen LogP contribution in [0.1, 0.15) is 84.4 Å². The average molecular weight is 617 g/mol. The second-order valence-electron chi connectivity index (χ2n) is 12.5. The SMILES string of the molecule is CC(C)(C)OC(=O)NC(=NC[C@@H](O)c1cc([C@@H]2CC3(CC3)[C@@H]3CN2C(=O)N3OS(=O)(=O)O)no1)NC(=O)OC(C)(C)C. The Hall–Kier alpha value is -3.48. The fraction of sp³-hybridized carbons (Fsp3) is 0.708. The predicted octanol–water partition coefficient (Wildman–Crippen LogP) is 2.18. The summed E-state index contributed by atoms with van der Waals surface area (Å²) in [7, 11) is -4.91. The summed E-state index contributed by atoms with van der Waals surface area (Å²) in [5.41, 5.74) is -1.75. The number of aliphatic hydroxyl groups excluding tert-OH is 1. The van der Waals surface area contributed by atoms with Gasteiger partial charge in [-0.1, -0.05) is 5.16 Å². The summed E-state index contributed by atoms with van der Waals surface area (Å²) in [4.78, 5) is 43.0. The molecular weight excluding hydrogens is 580 g/mol. The molecule has 3 aliphatic rings. The van der Waals surface area contributed by atoms with Crippen LogP contribution in [0.3, 0.4) is 0 Å². The highest BCUT2D eigenvalue weighted by Gasteiger charge is 2.64. The van der Waals surface area contributed by atoms with Crippen LogP contribution < -0.4 is 10.6 Å². The summed E-state index contributed by atoms with van der Waals surface area (Å²) in [5.74, 6) is -0.347. The van der Waals surface area contributed by atoms with Gasteiger partial charge in [0.15, 0.2) is 5.76 Å². The summed E-state index contributed by atoms with van der Waals surface area (Å²) in [6.07, 6.45) is -1.29.